The number of nitrogens with zero attached hydrogens (tertiary/aromatic N) is 2. The van der Waals surface area contributed by atoms with Crippen molar-refractivity contribution >= 4 is 30.6 Å². The maximum atomic E-state index is 16.1. The van der Waals surface area contributed by atoms with E-state index in [2.05, 4.69) is 5.10 Å². The van der Waals surface area contributed by atoms with Gasteiger partial charge in [0, 0.05) is 23.6 Å². The van der Waals surface area contributed by atoms with Crippen LogP contribution in [0, 0.1) is 12.7 Å². The summed E-state index contributed by atoms with van der Waals surface area (Å²) in [6.45, 7) is -1.95. The molecule has 0 aliphatic carbocycles. The van der Waals surface area contributed by atoms with Gasteiger partial charge in [-0.15, -0.1) is 5.10 Å². The first-order valence-electron chi connectivity index (χ1n) is 14.6. The molecule has 0 saturated carbocycles. The molecule has 6 aromatic rings. The first kappa shape index (κ1) is 33.0. The average molecular weight is 691 g/mol. The van der Waals surface area contributed by atoms with Crippen molar-refractivity contribution in [2.45, 2.75) is 28.9 Å². The standard InChI is InChI=1S/C36H29F3N2O5S2/c1-23-21-27(28(37)22-31(23)48(3,44)45)32-30(47(2,42)43)20-19-29-33(32)34(46-35(38)39)40-41(29)36(24-13-7-4-8-14-24,25-15-9-5-10-16-25)26-17-11-6-12-18-26/h4-22,35H,1-3H3. The van der Waals surface area contributed by atoms with Crippen LogP contribution < -0.4 is 4.74 Å². The molecule has 1 aromatic heterocycles. The lowest BCUT2D eigenvalue weighted by molar-refractivity contribution is -0.0523. The number of alkyl halides is 2. The summed E-state index contributed by atoms with van der Waals surface area (Å²) in [7, 11) is -8.00. The predicted octanol–water partition coefficient (Wildman–Crippen LogP) is 7.40. The summed E-state index contributed by atoms with van der Waals surface area (Å²) in [5, 5.41) is 4.45. The molecule has 0 bridgehead atoms. The molecule has 0 spiro atoms. The van der Waals surface area contributed by atoms with Crippen LogP contribution in [-0.4, -0.2) is 45.7 Å². The Bertz CT molecular complexity index is 2270. The first-order valence-corrected chi connectivity index (χ1v) is 18.4. The SMILES string of the molecule is Cc1cc(-c2c(S(C)(=O)=O)ccc3c2c(OC(F)F)nn3C(c2ccccc2)(c2ccccc2)c2ccccc2)c(F)cc1S(C)(=O)=O. The van der Waals surface area contributed by atoms with Crippen molar-refractivity contribution in [1.82, 2.24) is 9.78 Å². The molecule has 0 unspecified atom stereocenters. The fourth-order valence-corrected chi connectivity index (χ4v) is 8.18. The lowest BCUT2D eigenvalue weighted by atomic mass is 9.77. The van der Waals surface area contributed by atoms with Gasteiger partial charge < -0.3 is 4.74 Å². The third-order valence-corrected chi connectivity index (χ3v) is 10.6. The van der Waals surface area contributed by atoms with Crippen LogP contribution in [-0.2, 0) is 25.2 Å². The van der Waals surface area contributed by atoms with Gasteiger partial charge in [0.05, 0.1) is 20.7 Å². The Balaban J connectivity index is 1.86. The van der Waals surface area contributed by atoms with Gasteiger partial charge in [-0.2, -0.15) is 8.78 Å². The van der Waals surface area contributed by atoms with Crippen molar-refractivity contribution in [2.75, 3.05) is 12.5 Å². The average Bonchev–Trinajstić information content (AvgIpc) is 3.40. The molecule has 0 N–H and O–H groups in total. The normalized spacial score (nSPS) is 12.5. The van der Waals surface area contributed by atoms with Gasteiger partial charge in [0.25, 0.3) is 0 Å². The van der Waals surface area contributed by atoms with Gasteiger partial charge in [-0.05, 0) is 53.4 Å². The molecule has 6 rings (SSSR count). The van der Waals surface area contributed by atoms with E-state index in [1.54, 1.807) is 0 Å². The van der Waals surface area contributed by atoms with Crippen LogP contribution in [0.1, 0.15) is 22.3 Å². The van der Waals surface area contributed by atoms with Crippen molar-refractivity contribution in [3.05, 3.63) is 143 Å². The number of aromatic nitrogens is 2. The van der Waals surface area contributed by atoms with Crippen LogP contribution in [0.4, 0.5) is 13.2 Å². The maximum absolute atomic E-state index is 16.1. The summed E-state index contributed by atoms with van der Waals surface area (Å²) in [4.78, 5) is -0.684. The summed E-state index contributed by atoms with van der Waals surface area (Å²) >= 11 is 0. The second-order valence-corrected chi connectivity index (χ2v) is 15.3. The van der Waals surface area contributed by atoms with E-state index in [0.29, 0.717) is 16.7 Å². The number of aryl methyl sites for hydroxylation is 1. The van der Waals surface area contributed by atoms with E-state index in [4.69, 9.17) is 4.74 Å². The van der Waals surface area contributed by atoms with Gasteiger partial charge in [-0.3, -0.25) is 0 Å². The molecule has 0 aliphatic rings. The molecule has 0 fully saturated rings. The first-order chi connectivity index (χ1) is 22.7. The molecule has 12 heteroatoms. The second kappa shape index (κ2) is 12.3. The van der Waals surface area contributed by atoms with Crippen molar-refractivity contribution in [1.29, 1.82) is 0 Å². The third-order valence-electron chi connectivity index (χ3n) is 8.20. The number of benzene rings is 5. The van der Waals surface area contributed by atoms with Crippen molar-refractivity contribution in [3.63, 3.8) is 0 Å². The Morgan fingerprint density at radius 3 is 1.62 bits per heavy atom. The maximum Gasteiger partial charge on any atom is 0.388 e. The minimum atomic E-state index is -4.13. The van der Waals surface area contributed by atoms with E-state index in [0.717, 1.165) is 18.6 Å². The largest absolute Gasteiger partial charge is 0.415 e. The Morgan fingerprint density at radius 2 is 1.19 bits per heavy atom. The Labute approximate surface area is 276 Å². The zero-order valence-corrected chi connectivity index (χ0v) is 27.6. The molecule has 0 saturated heterocycles. The van der Waals surface area contributed by atoms with E-state index in [1.165, 1.54) is 29.8 Å². The summed E-state index contributed by atoms with van der Waals surface area (Å²) in [5.74, 6) is -1.72. The van der Waals surface area contributed by atoms with Crippen LogP contribution in [0.3, 0.4) is 0 Å². The zero-order chi connectivity index (χ0) is 34.4. The molecule has 0 radical (unpaired) electrons. The highest BCUT2D eigenvalue weighted by atomic mass is 32.2. The minimum Gasteiger partial charge on any atom is -0.415 e. The van der Waals surface area contributed by atoms with Gasteiger partial charge in [0.2, 0.25) is 5.88 Å². The predicted molar refractivity (Wildman–Crippen MR) is 177 cm³/mol. The highest BCUT2D eigenvalue weighted by molar-refractivity contribution is 7.91. The van der Waals surface area contributed by atoms with Gasteiger partial charge in [0.1, 0.15) is 11.4 Å². The molecular weight excluding hydrogens is 662 g/mol. The third kappa shape index (κ3) is 5.64. The van der Waals surface area contributed by atoms with Crippen LogP contribution in [0.25, 0.3) is 22.0 Å². The van der Waals surface area contributed by atoms with E-state index in [-0.39, 0.29) is 37.4 Å². The van der Waals surface area contributed by atoms with Crippen LogP contribution in [0.5, 0.6) is 5.88 Å². The summed E-state index contributed by atoms with van der Waals surface area (Å²) in [6.07, 6.45) is 1.83. The lowest BCUT2D eigenvalue weighted by Crippen LogP contribution is -2.38. The van der Waals surface area contributed by atoms with Crippen LogP contribution >= 0.6 is 0 Å². The molecule has 7 nitrogen and oxygen atoms in total. The molecule has 0 amide bonds. The van der Waals surface area contributed by atoms with Gasteiger partial charge in [-0.25, -0.2) is 25.9 Å². The van der Waals surface area contributed by atoms with Gasteiger partial charge >= 0.3 is 6.61 Å². The summed E-state index contributed by atoms with van der Waals surface area (Å²) in [6, 6.07) is 32.3. The van der Waals surface area contributed by atoms with Crippen molar-refractivity contribution < 1.29 is 34.7 Å². The molecule has 5 aromatic carbocycles. The summed E-state index contributed by atoms with van der Waals surface area (Å²) < 4.78 is 102. The number of ether oxygens (including phenoxy) is 1. The van der Waals surface area contributed by atoms with Crippen molar-refractivity contribution in [3.8, 4) is 17.0 Å². The number of hydrogen-bond donors (Lipinski definition) is 0. The molecule has 0 atom stereocenters. The topological polar surface area (TPSA) is 95.3 Å². The van der Waals surface area contributed by atoms with E-state index < -0.39 is 43.5 Å². The number of hydrogen-bond acceptors (Lipinski definition) is 6. The fourth-order valence-electron chi connectivity index (χ4n) is 6.32. The lowest BCUT2D eigenvalue weighted by Gasteiger charge is -2.37. The number of halogens is 3. The minimum absolute atomic E-state index is 0.126. The van der Waals surface area contributed by atoms with E-state index in [9.17, 15) is 25.6 Å². The number of sulfone groups is 2. The Morgan fingerprint density at radius 1 is 0.708 bits per heavy atom. The molecule has 246 valence electrons. The molecule has 0 aliphatic heterocycles. The van der Waals surface area contributed by atoms with E-state index >= 15 is 4.39 Å². The Hall–Kier alpha value is -4.94. The smallest absolute Gasteiger partial charge is 0.388 e. The summed E-state index contributed by atoms with van der Waals surface area (Å²) in [5.41, 5.74) is 0.366. The van der Waals surface area contributed by atoms with Gasteiger partial charge in [-0.1, -0.05) is 91.0 Å². The highest BCUT2D eigenvalue weighted by Gasteiger charge is 2.42. The van der Waals surface area contributed by atoms with Gasteiger partial charge in [0.15, 0.2) is 19.7 Å². The Kier molecular flexibility index (Phi) is 8.42. The molecule has 48 heavy (non-hydrogen) atoms. The molecular formula is C36H29F3N2O5S2. The highest BCUT2D eigenvalue weighted by Crippen LogP contribution is 2.48. The second-order valence-electron chi connectivity index (χ2n) is 11.4. The van der Waals surface area contributed by atoms with E-state index in [1.807, 2.05) is 91.0 Å². The van der Waals surface area contributed by atoms with Crippen LogP contribution in [0.2, 0.25) is 0 Å². The zero-order valence-electron chi connectivity index (χ0n) is 25.9. The fraction of sp³-hybridized carbons (Fsp3) is 0.139. The number of rotatable bonds is 9. The monoisotopic (exact) mass is 690 g/mol. The van der Waals surface area contributed by atoms with Crippen molar-refractivity contribution in [2.24, 2.45) is 0 Å². The molecule has 1 heterocycles. The van der Waals surface area contributed by atoms with Crippen LogP contribution in [0.15, 0.2) is 125 Å². The quantitative estimate of drug-likeness (QED) is 0.147. The number of fused-ring (bicyclic) bond motifs is 1.